The highest BCUT2D eigenvalue weighted by Crippen LogP contribution is 2.54. The van der Waals surface area contributed by atoms with Crippen molar-refractivity contribution in [2.45, 2.75) is 71.6 Å². The van der Waals surface area contributed by atoms with Crippen LogP contribution in [0.3, 0.4) is 0 Å². The number of ether oxygens (including phenoxy) is 3. The Morgan fingerprint density at radius 3 is 2.05 bits per heavy atom. The van der Waals surface area contributed by atoms with Crippen molar-refractivity contribution >= 4 is 5.97 Å². The Labute approximate surface area is 133 Å². The van der Waals surface area contributed by atoms with Crippen LogP contribution in [0.25, 0.3) is 0 Å². The van der Waals surface area contributed by atoms with Gasteiger partial charge >= 0.3 is 5.97 Å². The summed E-state index contributed by atoms with van der Waals surface area (Å²) in [6.07, 6.45) is 6.10. The second-order valence-electron chi connectivity index (χ2n) is 7.49. The molecule has 0 N–H and O–H groups in total. The number of carbonyl (C=O) groups is 1. The van der Waals surface area contributed by atoms with Crippen LogP contribution in [-0.2, 0) is 19.0 Å². The summed E-state index contributed by atoms with van der Waals surface area (Å²) < 4.78 is 17.0. The van der Waals surface area contributed by atoms with Gasteiger partial charge in [-0.3, -0.25) is 0 Å². The average molecular weight is 308 g/mol. The summed E-state index contributed by atoms with van der Waals surface area (Å²) in [7, 11) is 0. The van der Waals surface area contributed by atoms with E-state index in [1.165, 1.54) is 32.1 Å². The van der Waals surface area contributed by atoms with E-state index >= 15 is 0 Å². The van der Waals surface area contributed by atoms with Gasteiger partial charge in [-0.05, 0) is 76.5 Å². The summed E-state index contributed by atoms with van der Waals surface area (Å²) in [5, 5.41) is 0. The van der Waals surface area contributed by atoms with Crippen LogP contribution < -0.4 is 0 Å². The van der Waals surface area contributed by atoms with Gasteiger partial charge in [0, 0.05) is 5.57 Å². The molecule has 0 aromatic rings. The largest absolute Gasteiger partial charge is 0.433 e. The average Bonchev–Trinajstić information content (AvgIpc) is 2.41. The summed E-state index contributed by atoms with van der Waals surface area (Å²) in [5.41, 5.74) is 0.380. The third-order valence-corrected chi connectivity index (χ3v) is 5.49. The van der Waals surface area contributed by atoms with Crippen molar-refractivity contribution in [3.8, 4) is 0 Å². The first-order valence-corrected chi connectivity index (χ1v) is 8.59. The second kappa shape index (κ2) is 6.32. The maximum atomic E-state index is 11.5. The molecule has 0 aromatic carbocycles. The topological polar surface area (TPSA) is 44.8 Å². The van der Waals surface area contributed by atoms with E-state index in [4.69, 9.17) is 14.2 Å². The van der Waals surface area contributed by atoms with E-state index in [0.29, 0.717) is 23.5 Å². The molecule has 4 rings (SSSR count). The maximum absolute atomic E-state index is 11.5. The van der Waals surface area contributed by atoms with Crippen LogP contribution in [0.1, 0.15) is 52.9 Å². The zero-order valence-corrected chi connectivity index (χ0v) is 13.9. The van der Waals surface area contributed by atoms with Gasteiger partial charge in [0.2, 0.25) is 6.29 Å². The van der Waals surface area contributed by atoms with Gasteiger partial charge in [0.05, 0.1) is 6.10 Å². The molecular weight excluding hydrogens is 280 g/mol. The Balaban J connectivity index is 1.48. The van der Waals surface area contributed by atoms with E-state index in [0.717, 1.165) is 11.8 Å². The van der Waals surface area contributed by atoms with Crippen LogP contribution in [0.4, 0.5) is 0 Å². The van der Waals surface area contributed by atoms with Crippen molar-refractivity contribution in [3.63, 3.8) is 0 Å². The molecule has 2 atom stereocenters. The van der Waals surface area contributed by atoms with Crippen LogP contribution in [0.2, 0.25) is 0 Å². The zero-order valence-electron chi connectivity index (χ0n) is 13.9. The van der Waals surface area contributed by atoms with E-state index < -0.39 is 12.3 Å². The lowest BCUT2D eigenvalue weighted by molar-refractivity contribution is -0.264. The van der Waals surface area contributed by atoms with E-state index in [1.54, 1.807) is 13.8 Å². The van der Waals surface area contributed by atoms with Crippen molar-refractivity contribution in [1.82, 2.24) is 0 Å². The molecule has 4 nitrogen and oxygen atoms in total. The van der Waals surface area contributed by atoms with Gasteiger partial charge in [0.1, 0.15) is 0 Å². The molecule has 0 heterocycles. The quantitative estimate of drug-likeness (QED) is 0.427. The van der Waals surface area contributed by atoms with Gasteiger partial charge < -0.3 is 14.2 Å². The van der Waals surface area contributed by atoms with Gasteiger partial charge in [0.15, 0.2) is 6.29 Å². The minimum atomic E-state index is -0.615. The lowest BCUT2D eigenvalue weighted by Crippen LogP contribution is -2.50. The van der Waals surface area contributed by atoms with Crippen molar-refractivity contribution < 1.29 is 19.0 Å². The van der Waals surface area contributed by atoms with E-state index in [9.17, 15) is 4.79 Å². The molecule has 2 unspecified atom stereocenters. The van der Waals surface area contributed by atoms with Gasteiger partial charge in [-0.15, -0.1) is 0 Å². The molecule has 0 spiro atoms. The first-order valence-electron chi connectivity index (χ1n) is 8.59. The smallest absolute Gasteiger partial charge is 0.335 e. The van der Waals surface area contributed by atoms with Crippen LogP contribution in [0, 0.1) is 23.7 Å². The molecule has 4 aliphatic carbocycles. The predicted octanol–water partition coefficient (Wildman–Crippen LogP) is 3.66. The van der Waals surface area contributed by atoms with Crippen molar-refractivity contribution in [2.24, 2.45) is 23.7 Å². The molecule has 0 saturated heterocycles. The summed E-state index contributed by atoms with van der Waals surface area (Å²) in [6, 6.07) is 0. The molecule has 4 heteroatoms. The number of rotatable bonds is 6. The first kappa shape index (κ1) is 16.0. The van der Waals surface area contributed by atoms with Gasteiger partial charge in [-0.1, -0.05) is 6.58 Å². The van der Waals surface area contributed by atoms with Crippen LogP contribution in [0.5, 0.6) is 0 Å². The number of esters is 1. The fourth-order valence-corrected chi connectivity index (χ4v) is 4.90. The third kappa shape index (κ3) is 3.38. The molecule has 4 aliphatic rings. The Bertz CT molecular complexity index is 416. The van der Waals surface area contributed by atoms with Crippen molar-refractivity contribution in [3.05, 3.63) is 12.2 Å². The standard InChI is InChI=1S/C18H28O4/c1-10(2)18(19)22-12(4)20-11(3)21-17-15-6-13-5-14(8-15)9-16(17)7-13/h11-17H,1,5-9H2,2-4H3. The SMILES string of the molecule is C=C(C)C(=O)OC(C)OC(C)OC1C2CC3CC(C2)CC1C3. The van der Waals surface area contributed by atoms with Crippen LogP contribution in [-0.4, -0.2) is 24.7 Å². The summed E-state index contributed by atoms with van der Waals surface area (Å²) in [4.78, 5) is 11.5. The Hall–Kier alpha value is -0.870. The van der Waals surface area contributed by atoms with E-state index in [2.05, 4.69) is 6.58 Å². The molecule has 0 aliphatic heterocycles. The second-order valence-corrected chi connectivity index (χ2v) is 7.49. The lowest BCUT2D eigenvalue weighted by atomic mass is 9.55. The van der Waals surface area contributed by atoms with Gasteiger partial charge in [0.25, 0.3) is 0 Å². The molecule has 4 fully saturated rings. The highest BCUT2D eigenvalue weighted by molar-refractivity contribution is 5.86. The number of carbonyl (C=O) groups excluding carboxylic acids is 1. The highest BCUT2D eigenvalue weighted by atomic mass is 16.8. The van der Waals surface area contributed by atoms with Crippen LogP contribution in [0.15, 0.2) is 12.2 Å². The maximum Gasteiger partial charge on any atom is 0.335 e. The summed E-state index contributed by atoms with van der Waals surface area (Å²) in [6.45, 7) is 8.82. The van der Waals surface area contributed by atoms with E-state index in [1.807, 2.05) is 6.92 Å². The minimum absolute atomic E-state index is 0.326. The normalized spacial score (nSPS) is 38.6. The Morgan fingerprint density at radius 1 is 1.00 bits per heavy atom. The monoisotopic (exact) mass is 308 g/mol. The number of hydrogen-bond acceptors (Lipinski definition) is 4. The van der Waals surface area contributed by atoms with Gasteiger partial charge in [-0.25, -0.2) is 4.79 Å². The Morgan fingerprint density at radius 2 is 1.55 bits per heavy atom. The highest BCUT2D eigenvalue weighted by Gasteiger charge is 2.49. The molecule has 0 radical (unpaired) electrons. The van der Waals surface area contributed by atoms with E-state index in [-0.39, 0.29) is 6.29 Å². The summed E-state index contributed by atoms with van der Waals surface area (Å²) >= 11 is 0. The molecule has 0 aromatic heterocycles. The minimum Gasteiger partial charge on any atom is -0.433 e. The third-order valence-electron chi connectivity index (χ3n) is 5.49. The molecule has 124 valence electrons. The zero-order chi connectivity index (χ0) is 15.9. The number of hydrogen-bond donors (Lipinski definition) is 0. The summed E-state index contributed by atoms with van der Waals surface area (Å²) in [5.74, 6) is 2.86. The predicted molar refractivity (Wildman–Crippen MR) is 82.8 cm³/mol. The fourth-order valence-electron chi connectivity index (χ4n) is 4.90. The molecular formula is C18H28O4. The molecule has 4 bridgehead atoms. The van der Waals surface area contributed by atoms with Crippen molar-refractivity contribution in [2.75, 3.05) is 0 Å². The van der Waals surface area contributed by atoms with Crippen LogP contribution >= 0.6 is 0 Å². The fraction of sp³-hybridized carbons (Fsp3) is 0.833. The van der Waals surface area contributed by atoms with Gasteiger partial charge in [-0.2, -0.15) is 0 Å². The Kier molecular flexibility index (Phi) is 4.60. The lowest BCUT2D eigenvalue weighted by Gasteiger charge is -2.54. The molecule has 0 amide bonds. The molecule has 22 heavy (non-hydrogen) atoms. The first-order chi connectivity index (χ1) is 10.4. The van der Waals surface area contributed by atoms with Crippen molar-refractivity contribution in [1.29, 1.82) is 0 Å². The molecule has 4 saturated carbocycles.